The highest BCUT2D eigenvalue weighted by molar-refractivity contribution is 6.31. The highest BCUT2D eigenvalue weighted by Gasteiger charge is 2.23. The van der Waals surface area contributed by atoms with Gasteiger partial charge in [-0.3, -0.25) is 9.78 Å². The third kappa shape index (κ3) is 7.04. The summed E-state index contributed by atoms with van der Waals surface area (Å²) in [5.74, 6) is -0.936. The minimum Gasteiger partial charge on any atom is -0.463 e. The number of halogens is 2. The monoisotopic (exact) mass is 523 g/mol. The molecule has 2 aromatic heterocycles. The van der Waals surface area contributed by atoms with Crippen LogP contribution in [0.4, 0.5) is 9.18 Å². The molecule has 2 amide bonds. The second kappa shape index (κ2) is 12.3. The molecule has 0 saturated heterocycles. The average Bonchev–Trinajstić information content (AvgIpc) is 3.43. The van der Waals surface area contributed by atoms with Gasteiger partial charge in [-0.15, -0.1) is 0 Å². The number of hydrogen-bond donors (Lipinski definition) is 2. The number of aryl methyl sites for hydroxylation is 1. The van der Waals surface area contributed by atoms with Crippen LogP contribution >= 0.6 is 11.6 Å². The third-order valence-corrected chi connectivity index (χ3v) is 6.47. The van der Waals surface area contributed by atoms with Gasteiger partial charge >= 0.3 is 12.0 Å². The Kier molecular flexibility index (Phi) is 8.68. The summed E-state index contributed by atoms with van der Waals surface area (Å²) in [6.45, 7) is 0.0444. The number of pyridine rings is 1. The number of fused-ring (bicyclic) bond motifs is 1. The van der Waals surface area contributed by atoms with E-state index in [4.69, 9.17) is 16.3 Å². The molecular formula is C27H27ClFN5O3. The van der Waals surface area contributed by atoms with Crippen molar-refractivity contribution in [3.05, 3.63) is 95.0 Å². The number of ether oxygens (including phenoxy) is 1. The van der Waals surface area contributed by atoms with Gasteiger partial charge in [-0.25, -0.2) is 14.2 Å². The maximum atomic E-state index is 13.7. The lowest BCUT2D eigenvalue weighted by Gasteiger charge is -2.28. The smallest absolute Gasteiger partial charge is 0.317 e. The van der Waals surface area contributed by atoms with E-state index in [1.165, 1.54) is 17.0 Å². The van der Waals surface area contributed by atoms with Crippen molar-refractivity contribution < 1.29 is 18.7 Å². The number of rotatable bonds is 10. The molecule has 0 bridgehead atoms. The number of imidazole rings is 1. The van der Waals surface area contributed by atoms with Gasteiger partial charge in [0.15, 0.2) is 0 Å². The third-order valence-electron chi connectivity index (χ3n) is 6.05. The summed E-state index contributed by atoms with van der Waals surface area (Å²) in [6.07, 6.45) is 5.99. The van der Waals surface area contributed by atoms with E-state index in [0.717, 1.165) is 22.2 Å². The first-order chi connectivity index (χ1) is 17.9. The molecule has 37 heavy (non-hydrogen) atoms. The van der Waals surface area contributed by atoms with Gasteiger partial charge < -0.3 is 19.9 Å². The van der Waals surface area contributed by atoms with Gasteiger partial charge in [-0.05, 0) is 23.1 Å². The van der Waals surface area contributed by atoms with Crippen LogP contribution in [0.15, 0.2) is 67.3 Å². The number of H-pyrrole nitrogens is 1. The first-order valence-corrected chi connectivity index (χ1v) is 12.2. The van der Waals surface area contributed by atoms with Gasteiger partial charge in [0.05, 0.1) is 23.8 Å². The lowest BCUT2D eigenvalue weighted by molar-refractivity contribution is -0.145. The first-order valence-electron chi connectivity index (χ1n) is 11.8. The molecule has 192 valence electrons. The van der Waals surface area contributed by atoms with Crippen LogP contribution in [-0.2, 0) is 28.9 Å². The lowest BCUT2D eigenvalue weighted by atomic mass is 10.1. The van der Waals surface area contributed by atoms with Crippen molar-refractivity contribution in [2.75, 3.05) is 13.7 Å². The number of benzene rings is 2. The number of carbonyl (C=O) groups is 2. The molecule has 8 nitrogen and oxygen atoms in total. The molecule has 10 heteroatoms. The summed E-state index contributed by atoms with van der Waals surface area (Å²) >= 11 is 5.99. The molecule has 0 fully saturated rings. The van der Waals surface area contributed by atoms with Crippen molar-refractivity contribution in [3.63, 3.8) is 0 Å². The fraction of sp³-hybridized carbons (Fsp3) is 0.259. The van der Waals surface area contributed by atoms with Crippen molar-refractivity contribution in [2.45, 2.75) is 31.8 Å². The second-order valence-electron chi connectivity index (χ2n) is 8.62. The molecular weight excluding hydrogens is 497 g/mol. The fourth-order valence-electron chi connectivity index (χ4n) is 3.86. The van der Waals surface area contributed by atoms with Crippen molar-refractivity contribution in [3.8, 4) is 0 Å². The summed E-state index contributed by atoms with van der Waals surface area (Å²) in [4.78, 5) is 38.3. The Balaban J connectivity index is 1.33. The van der Waals surface area contributed by atoms with Crippen LogP contribution in [0, 0.1) is 5.82 Å². The van der Waals surface area contributed by atoms with Gasteiger partial charge in [0.2, 0.25) is 0 Å². The zero-order chi connectivity index (χ0) is 26.2. The quantitative estimate of drug-likeness (QED) is 0.294. The standard InChI is InChI=1S/C27H27ClFN5O3/c1-34(27(36)32-14-20-7-4-8-24(29)26(20)28)23(12-22-15-30-17-33-22)16-37-25(35)10-9-21-11-18-5-2-3-6-19(18)13-31-21/h2-8,11,13,15,17,23H,9-10,12,14,16H2,1H3,(H,30,33)(H,32,36)/t23-/m0/s1. The van der Waals surface area contributed by atoms with Gasteiger partial charge in [-0.2, -0.15) is 0 Å². The number of nitrogens with one attached hydrogen (secondary N) is 2. The molecule has 1 atom stereocenters. The second-order valence-corrected chi connectivity index (χ2v) is 9.00. The molecule has 0 saturated carbocycles. The number of nitrogens with zero attached hydrogens (tertiary/aromatic N) is 3. The van der Waals surface area contributed by atoms with Crippen LogP contribution in [-0.4, -0.2) is 51.5 Å². The minimum absolute atomic E-state index is 0.00631. The van der Waals surface area contributed by atoms with E-state index < -0.39 is 17.9 Å². The van der Waals surface area contributed by atoms with Crippen LogP contribution in [0.2, 0.25) is 5.02 Å². The molecule has 0 unspecified atom stereocenters. The Morgan fingerprint density at radius 3 is 2.76 bits per heavy atom. The summed E-state index contributed by atoms with van der Waals surface area (Å²) in [5, 5.41) is 4.80. The summed E-state index contributed by atoms with van der Waals surface area (Å²) in [6, 6.07) is 13.4. The normalized spacial score (nSPS) is 11.8. The predicted molar refractivity (Wildman–Crippen MR) is 139 cm³/mol. The molecule has 0 aliphatic carbocycles. The Morgan fingerprint density at radius 1 is 1.16 bits per heavy atom. The van der Waals surface area contributed by atoms with Gasteiger partial charge in [0.1, 0.15) is 12.4 Å². The van der Waals surface area contributed by atoms with Gasteiger partial charge in [0, 0.05) is 55.6 Å². The number of amides is 2. The van der Waals surface area contributed by atoms with E-state index in [2.05, 4.69) is 20.3 Å². The average molecular weight is 524 g/mol. The topological polar surface area (TPSA) is 100 Å². The van der Waals surface area contributed by atoms with Crippen molar-refractivity contribution in [1.82, 2.24) is 25.2 Å². The van der Waals surface area contributed by atoms with Gasteiger partial charge in [0.25, 0.3) is 0 Å². The molecule has 2 N–H and O–H groups in total. The van der Waals surface area contributed by atoms with Crippen molar-refractivity contribution >= 4 is 34.4 Å². The molecule has 4 rings (SSSR count). The van der Waals surface area contributed by atoms with Gasteiger partial charge in [-0.1, -0.05) is 48.0 Å². The maximum Gasteiger partial charge on any atom is 0.317 e. The Morgan fingerprint density at radius 2 is 1.97 bits per heavy atom. The van der Waals surface area contributed by atoms with E-state index in [-0.39, 0.29) is 30.6 Å². The van der Waals surface area contributed by atoms with Crippen LogP contribution in [0.5, 0.6) is 0 Å². The summed E-state index contributed by atoms with van der Waals surface area (Å²) < 4.78 is 19.2. The van der Waals surface area contributed by atoms with E-state index in [0.29, 0.717) is 18.4 Å². The van der Waals surface area contributed by atoms with E-state index in [1.54, 1.807) is 31.8 Å². The zero-order valence-corrected chi connectivity index (χ0v) is 21.0. The number of esters is 1. The van der Waals surface area contributed by atoms with E-state index in [1.807, 2.05) is 30.3 Å². The molecule has 0 radical (unpaired) electrons. The molecule has 0 spiro atoms. The van der Waals surface area contributed by atoms with Crippen LogP contribution < -0.4 is 5.32 Å². The van der Waals surface area contributed by atoms with Crippen LogP contribution in [0.1, 0.15) is 23.4 Å². The highest BCUT2D eigenvalue weighted by Crippen LogP contribution is 2.19. The lowest BCUT2D eigenvalue weighted by Crippen LogP contribution is -2.46. The fourth-order valence-corrected chi connectivity index (χ4v) is 4.05. The Bertz CT molecular complexity index is 1370. The number of likely N-dealkylation sites (N-methyl/N-ethyl adjacent to an activating group) is 1. The number of aromatic amines is 1. The molecule has 0 aliphatic rings. The molecule has 0 aliphatic heterocycles. The van der Waals surface area contributed by atoms with E-state index in [9.17, 15) is 14.0 Å². The molecule has 2 heterocycles. The maximum absolute atomic E-state index is 13.7. The predicted octanol–water partition coefficient (Wildman–Crippen LogP) is 4.68. The largest absolute Gasteiger partial charge is 0.463 e. The van der Waals surface area contributed by atoms with Crippen LogP contribution in [0.3, 0.4) is 0 Å². The van der Waals surface area contributed by atoms with Crippen LogP contribution in [0.25, 0.3) is 10.8 Å². The highest BCUT2D eigenvalue weighted by atomic mass is 35.5. The van der Waals surface area contributed by atoms with E-state index >= 15 is 0 Å². The Labute approximate surface area is 218 Å². The molecule has 2 aromatic carbocycles. The van der Waals surface area contributed by atoms with Crippen molar-refractivity contribution in [1.29, 1.82) is 0 Å². The first kappa shape index (κ1) is 26.1. The summed E-state index contributed by atoms with van der Waals surface area (Å²) in [7, 11) is 1.61. The number of carbonyl (C=O) groups excluding carboxylic acids is 2. The Hall–Kier alpha value is -3.98. The summed E-state index contributed by atoms with van der Waals surface area (Å²) in [5.41, 5.74) is 2.05. The number of urea groups is 1. The zero-order valence-electron chi connectivity index (χ0n) is 20.3. The SMILES string of the molecule is CN(C(=O)NCc1cccc(F)c1Cl)[C@H](COC(=O)CCc1cc2ccccc2cn1)Cc1cnc[nH]1. The molecule has 4 aromatic rings. The van der Waals surface area contributed by atoms with Crippen molar-refractivity contribution in [2.24, 2.45) is 0 Å². The minimum atomic E-state index is -0.551. The number of aromatic nitrogens is 3. The number of hydrogen-bond acceptors (Lipinski definition) is 5.